The average molecular weight is 375 g/mol. The first-order valence-corrected chi connectivity index (χ1v) is 7.58. The number of nitrogens with one attached hydrogen (secondary N) is 1. The molecule has 0 spiro atoms. The number of benzene rings is 2. The fourth-order valence-electron chi connectivity index (χ4n) is 2.11. The minimum absolute atomic E-state index is 0.0385. The lowest BCUT2D eigenvalue weighted by Crippen LogP contribution is -2.18. The Bertz CT molecular complexity index is 619. The zero-order chi connectivity index (χ0) is 14.7. The van der Waals surface area contributed by atoms with Crippen molar-refractivity contribution in [2.24, 2.45) is 0 Å². The van der Waals surface area contributed by atoms with Crippen molar-refractivity contribution in [3.63, 3.8) is 0 Å². The first-order chi connectivity index (χ1) is 9.58. The van der Waals surface area contributed by atoms with Gasteiger partial charge in [0.15, 0.2) is 0 Å². The van der Waals surface area contributed by atoms with Crippen molar-refractivity contribution in [3.05, 3.63) is 62.0 Å². The summed E-state index contributed by atoms with van der Waals surface area (Å²) in [5.74, 6) is 0.792. The molecule has 0 saturated carbocycles. The summed E-state index contributed by atoms with van der Waals surface area (Å²) >= 11 is 15.9. The normalized spacial score (nSPS) is 12.2. The first-order valence-electron chi connectivity index (χ1n) is 6.03. The summed E-state index contributed by atoms with van der Waals surface area (Å²) in [6, 6.07) is 11.5. The molecule has 106 valence electrons. The van der Waals surface area contributed by atoms with Gasteiger partial charge in [-0.1, -0.05) is 41.4 Å². The van der Waals surface area contributed by atoms with Gasteiger partial charge in [0.25, 0.3) is 0 Å². The van der Waals surface area contributed by atoms with Gasteiger partial charge in [0.1, 0.15) is 5.75 Å². The van der Waals surface area contributed by atoms with Crippen molar-refractivity contribution >= 4 is 39.1 Å². The second-order valence-electron chi connectivity index (χ2n) is 4.26. The molecule has 2 aromatic rings. The van der Waals surface area contributed by atoms with E-state index in [1.54, 1.807) is 13.2 Å². The van der Waals surface area contributed by atoms with Crippen LogP contribution >= 0.6 is 39.1 Å². The van der Waals surface area contributed by atoms with Crippen molar-refractivity contribution in [1.29, 1.82) is 0 Å². The van der Waals surface area contributed by atoms with Gasteiger partial charge in [-0.25, -0.2) is 0 Å². The van der Waals surface area contributed by atoms with Crippen LogP contribution in [0.5, 0.6) is 5.75 Å². The van der Waals surface area contributed by atoms with E-state index in [0.717, 1.165) is 21.3 Å². The van der Waals surface area contributed by atoms with E-state index < -0.39 is 0 Å². The van der Waals surface area contributed by atoms with E-state index in [-0.39, 0.29) is 6.04 Å². The van der Waals surface area contributed by atoms with Crippen LogP contribution in [0.4, 0.5) is 0 Å². The smallest absolute Gasteiger partial charge is 0.133 e. The second kappa shape index (κ2) is 6.81. The van der Waals surface area contributed by atoms with Crippen molar-refractivity contribution in [3.8, 4) is 5.75 Å². The van der Waals surface area contributed by atoms with E-state index in [2.05, 4.69) is 21.2 Å². The Morgan fingerprint density at radius 3 is 2.55 bits per heavy atom. The number of halogens is 3. The second-order valence-corrected chi connectivity index (χ2v) is 5.90. The van der Waals surface area contributed by atoms with E-state index in [1.165, 1.54) is 0 Å². The van der Waals surface area contributed by atoms with Crippen LogP contribution in [0, 0.1) is 0 Å². The van der Waals surface area contributed by atoms with Crippen LogP contribution in [0.3, 0.4) is 0 Å². The molecular formula is C15H14BrCl2NO. The molecule has 0 saturated heterocycles. The van der Waals surface area contributed by atoms with E-state index in [1.807, 2.05) is 37.4 Å². The summed E-state index contributed by atoms with van der Waals surface area (Å²) in [5.41, 5.74) is 2.02. The topological polar surface area (TPSA) is 21.3 Å². The summed E-state index contributed by atoms with van der Waals surface area (Å²) in [5, 5.41) is 4.39. The molecule has 1 unspecified atom stereocenters. The predicted octanol–water partition coefficient (Wildman–Crippen LogP) is 5.07. The van der Waals surface area contributed by atoms with Gasteiger partial charge >= 0.3 is 0 Å². The summed E-state index contributed by atoms with van der Waals surface area (Å²) in [4.78, 5) is 0. The van der Waals surface area contributed by atoms with Crippen molar-refractivity contribution < 1.29 is 4.74 Å². The molecule has 2 aromatic carbocycles. The van der Waals surface area contributed by atoms with E-state index in [4.69, 9.17) is 27.9 Å². The zero-order valence-corrected chi connectivity index (χ0v) is 14.2. The van der Waals surface area contributed by atoms with Crippen LogP contribution < -0.4 is 10.1 Å². The molecule has 2 nitrogen and oxygen atoms in total. The Labute approximate surface area is 137 Å². The highest BCUT2D eigenvalue weighted by atomic mass is 79.9. The predicted molar refractivity (Wildman–Crippen MR) is 88.1 cm³/mol. The van der Waals surface area contributed by atoms with Crippen LogP contribution in [0.15, 0.2) is 40.9 Å². The first kappa shape index (κ1) is 15.6. The Balaban J connectivity index is 2.47. The highest BCUT2D eigenvalue weighted by Crippen LogP contribution is 2.35. The van der Waals surface area contributed by atoms with Crippen LogP contribution in [0.1, 0.15) is 17.2 Å². The van der Waals surface area contributed by atoms with Gasteiger partial charge in [-0.05, 0) is 52.3 Å². The molecule has 1 atom stereocenters. The maximum absolute atomic E-state index is 6.31. The van der Waals surface area contributed by atoms with Crippen LogP contribution in [0.25, 0.3) is 0 Å². The van der Waals surface area contributed by atoms with E-state index in [9.17, 15) is 0 Å². The lowest BCUT2D eigenvalue weighted by atomic mass is 9.98. The number of hydrogen-bond donors (Lipinski definition) is 1. The molecule has 2 rings (SSSR count). The fourth-order valence-corrected chi connectivity index (χ4v) is 3.08. The molecule has 0 aliphatic rings. The summed E-state index contributed by atoms with van der Waals surface area (Å²) in [7, 11) is 3.53. The molecule has 0 aliphatic heterocycles. The van der Waals surface area contributed by atoms with Crippen molar-refractivity contribution in [1.82, 2.24) is 5.32 Å². The minimum Gasteiger partial charge on any atom is -0.496 e. The minimum atomic E-state index is -0.0385. The molecule has 20 heavy (non-hydrogen) atoms. The Kier molecular flexibility index (Phi) is 5.33. The maximum Gasteiger partial charge on any atom is 0.133 e. The molecular weight excluding hydrogens is 361 g/mol. The summed E-state index contributed by atoms with van der Waals surface area (Å²) in [6.45, 7) is 0. The third kappa shape index (κ3) is 3.12. The van der Waals surface area contributed by atoms with Crippen LogP contribution in [0.2, 0.25) is 10.0 Å². The molecule has 0 radical (unpaired) electrons. The molecule has 1 N–H and O–H groups in total. The zero-order valence-electron chi connectivity index (χ0n) is 11.1. The van der Waals surface area contributed by atoms with E-state index in [0.29, 0.717) is 10.0 Å². The highest BCUT2D eigenvalue weighted by Gasteiger charge is 2.17. The van der Waals surface area contributed by atoms with Gasteiger partial charge in [-0.15, -0.1) is 0 Å². The SMILES string of the molecule is CNC(c1ccc(OC)c(Br)c1)c1cccc(Cl)c1Cl. The number of hydrogen-bond acceptors (Lipinski definition) is 2. The summed E-state index contributed by atoms with van der Waals surface area (Å²) < 4.78 is 6.15. The number of rotatable bonds is 4. The van der Waals surface area contributed by atoms with Crippen LogP contribution in [-0.2, 0) is 0 Å². The molecule has 0 fully saturated rings. The Morgan fingerprint density at radius 2 is 1.95 bits per heavy atom. The van der Waals surface area contributed by atoms with Gasteiger partial charge in [0.05, 0.1) is 27.7 Å². The standard InChI is InChI=1S/C15H14BrCl2NO/c1-19-15(10-4-3-5-12(17)14(10)18)9-6-7-13(20-2)11(16)8-9/h3-8,15,19H,1-2H3. The molecule has 0 aromatic heterocycles. The van der Waals surface area contributed by atoms with Crippen molar-refractivity contribution in [2.45, 2.75) is 6.04 Å². The number of ether oxygens (including phenoxy) is 1. The molecule has 0 bridgehead atoms. The van der Waals surface area contributed by atoms with Gasteiger partial charge in [0.2, 0.25) is 0 Å². The van der Waals surface area contributed by atoms with E-state index >= 15 is 0 Å². The average Bonchev–Trinajstić information content (AvgIpc) is 2.44. The lowest BCUT2D eigenvalue weighted by Gasteiger charge is -2.20. The maximum atomic E-state index is 6.31. The van der Waals surface area contributed by atoms with Gasteiger partial charge in [0, 0.05) is 0 Å². The fraction of sp³-hybridized carbons (Fsp3) is 0.200. The Hall–Kier alpha value is -0.740. The molecule has 0 aliphatic carbocycles. The third-order valence-corrected chi connectivity index (χ3v) is 4.54. The van der Waals surface area contributed by atoms with Gasteiger partial charge in [-0.3, -0.25) is 0 Å². The van der Waals surface area contributed by atoms with Crippen LogP contribution in [-0.4, -0.2) is 14.2 Å². The monoisotopic (exact) mass is 373 g/mol. The lowest BCUT2D eigenvalue weighted by molar-refractivity contribution is 0.412. The Morgan fingerprint density at radius 1 is 1.20 bits per heavy atom. The van der Waals surface area contributed by atoms with Gasteiger partial charge in [-0.2, -0.15) is 0 Å². The van der Waals surface area contributed by atoms with Crippen molar-refractivity contribution in [2.75, 3.05) is 14.2 Å². The quantitative estimate of drug-likeness (QED) is 0.806. The third-order valence-electron chi connectivity index (χ3n) is 3.09. The summed E-state index contributed by atoms with van der Waals surface area (Å²) in [6.07, 6.45) is 0. The molecule has 5 heteroatoms. The highest BCUT2D eigenvalue weighted by molar-refractivity contribution is 9.10. The molecule has 0 amide bonds. The van der Waals surface area contributed by atoms with Gasteiger partial charge < -0.3 is 10.1 Å². The number of methoxy groups -OCH3 is 1. The molecule has 0 heterocycles. The largest absolute Gasteiger partial charge is 0.496 e.